The first-order valence-corrected chi connectivity index (χ1v) is 4.05. The number of hydrogen-bond donors (Lipinski definition) is 1. The molecule has 0 aliphatic heterocycles. The maximum absolute atomic E-state index is 5.77. The topological polar surface area (TPSA) is 52.0 Å². The zero-order chi connectivity index (χ0) is 9.10. The molecule has 13 heavy (non-hydrogen) atoms. The van der Waals surface area contributed by atoms with Gasteiger partial charge in [-0.2, -0.15) is 0 Å². The zero-order valence-electron chi connectivity index (χ0n) is 7.10. The summed E-state index contributed by atoms with van der Waals surface area (Å²) in [5.74, 6) is 0. The number of nitrogen functional groups attached to an aromatic ring is 1. The normalized spacial score (nSPS) is 10.2. The number of pyridine rings is 1. The Morgan fingerprint density at radius 1 is 1.38 bits per heavy atom. The van der Waals surface area contributed by atoms with Crippen molar-refractivity contribution in [3.05, 3.63) is 48.2 Å². The van der Waals surface area contributed by atoms with Crippen molar-refractivity contribution >= 4 is 5.69 Å². The van der Waals surface area contributed by atoms with Gasteiger partial charge < -0.3 is 10.2 Å². The monoisotopic (exact) mass is 174 g/mol. The van der Waals surface area contributed by atoms with Crippen LogP contribution in [0.4, 0.5) is 5.69 Å². The number of furan rings is 1. The number of hydrogen-bond acceptors (Lipinski definition) is 3. The van der Waals surface area contributed by atoms with E-state index >= 15 is 0 Å². The van der Waals surface area contributed by atoms with Gasteiger partial charge in [-0.3, -0.25) is 4.98 Å². The Hall–Kier alpha value is -1.77. The van der Waals surface area contributed by atoms with Crippen molar-refractivity contribution in [2.45, 2.75) is 6.42 Å². The fourth-order valence-electron chi connectivity index (χ4n) is 1.20. The number of nitrogens with two attached hydrogens (primary N) is 1. The molecule has 0 bridgehead atoms. The van der Waals surface area contributed by atoms with Gasteiger partial charge in [-0.1, -0.05) is 0 Å². The summed E-state index contributed by atoms with van der Waals surface area (Å²) in [6.07, 6.45) is 7.61. The molecule has 0 aliphatic rings. The summed E-state index contributed by atoms with van der Waals surface area (Å²) in [6, 6.07) is 3.72. The molecule has 0 saturated carbocycles. The van der Waals surface area contributed by atoms with Crippen LogP contribution in [0.2, 0.25) is 0 Å². The lowest BCUT2D eigenvalue weighted by Gasteiger charge is -2.01. The van der Waals surface area contributed by atoms with Crippen LogP contribution in [0, 0.1) is 0 Å². The summed E-state index contributed by atoms with van der Waals surface area (Å²) < 4.78 is 4.97. The van der Waals surface area contributed by atoms with Crippen LogP contribution in [0.25, 0.3) is 0 Å². The van der Waals surface area contributed by atoms with E-state index in [1.807, 2.05) is 6.07 Å². The lowest BCUT2D eigenvalue weighted by atomic mass is 10.1. The minimum absolute atomic E-state index is 0.774. The smallest absolute Gasteiger partial charge is 0.0937 e. The average molecular weight is 174 g/mol. The molecule has 3 heteroatoms. The van der Waals surface area contributed by atoms with E-state index in [0.29, 0.717) is 0 Å². The molecule has 2 heterocycles. The fourth-order valence-corrected chi connectivity index (χ4v) is 1.20. The van der Waals surface area contributed by atoms with Gasteiger partial charge in [0.15, 0.2) is 0 Å². The van der Waals surface area contributed by atoms with Gasteiger partial charge in [0.05, 0.1) is 12.5 Å². The molecule has 2 aromatic heterocycles. The molecular weight excluding hydrogens is 164 g/mol. The van der Waals surface area contributed by atoms with Crippen molar-refractivity contribution in [1.82, 2.24) is 4.98 Å². The van der Waals surface area contributed by atoms with E-state index in [1.165, 1.54) is 0 Å². The number of aromatic nitrogens is 1. The Kier molecular flexibility index (Phi) is 2.00. The molecule has 2 N–H and O–H groups in total. The molecule has 0 amide bonds. The highest BCUT2D eigenvalue weighted by Crippen LogP contribution is 2.14. The largest absolute Gasteiger partial charge is 0.472 e. The fraction of sp³-hybridized carbons (Fsp3) is 0.100. The highest BCUT2D eigenvalue weighted by molar-refractivity contribution is 5.46. The Bertz CT molecular complexity index is 382. The predicted molar refractivity (Wildman–Crippen MR) is 50.2 cm³/mol. The lowest BCUT2D eigenvalue weighted by Crippen LogP contribution is -1.95. The van der Waals surface area contributed by atoms with E-state index < -0.39 is 0 Å². The first-order valence-electron chi connectivity index (χ1n) is 4.05. The number of rotatable bonds is 2. The zero-order valence-corrected chi connectivity index (χ0v) is 7.10. The van der Waals surface area contributed by atoms with Crippen LogP contribution < -0.4 is 5.73 Å². The molecular formula is C10H10N2O. The Labute approximate surface area is 76.2 Å². The van der Waals surface area contributed by atoms with Crippen LogP contribution in [0.5, 0.6) is 0 Å². The lowest BCUT2D eigenvalue weighted by molar-refractivity contribution is 0.564. The minimum Gasteiger partial charge on any atom is -0.472 e. The maximum Gasteiger partial charge on any atom is 0.0937 e. The first-order chi connectivity index (χ1) is 6.36. The molecule has 0 unspecified atom stereocenters. The third-order valence-electron chi connectivity index (χ3n) is 1.92. The molecule has 66 valence electrons. The van der Waals surface area contributed by atoms with Crippen molar-refractivity contribution < 1.29 is 4.42 Å². The van der Waals surface area contributed by atoms with E-state index in [2.05, 4.69) is 4.98 Å². The van der Waals surface area contributed by atoms with E-state index in [-0.39, 0.29) is 0 Å². The standard InChI is InChI=1S/C10H10N2O/c11-10-1-3-12-6-9(10)5-8-2-4-13-7-8/h1-4,6-7H,5H2,(H2,11,12). The van der Waals surface area contributed by atoms with Gasteiger partial charge in [-0.15, -0.1) is 0 Å². The SMILES string of the molecule is Nc1ccncc1Cc1ccoc1. The highest BCUT2D eigenvalue weighted by atomic mass is 16.3. The van der Waals surface area contributed by atoms with Crippen molar-refractivity contribution in [2.24, 2.45) is 0 Å². The summed E-state index contributed by atoms with van der Waals surface area (Å²) in [7, 11) is 0. The van der Waals surface area contributed by atoms with Gasteiger partial charge in [0.2, 0.25) is 0 Å². The van der Waals surface area contributed by atoms with Crippen LogP contribution in [0.3, 0.4) is 0 Å². The molecule has 2 aromatic rings. The quantitative estimate of drug-likeness (QED) is 0.755. The molecule has 0 fully saturated rings. The van der Waals surface area contributed by atoms with Crippen LogP contribution >= 0.6 is 0 Å². The second-order valence-electron chi connectivity index (χ2n) is 2.88. The van der Waals surface area contributed by atoms with E-state index in [4.69, 9.17) is 10.2 Å². The van der Waals surface area contributed by atoms with Crippen LogP contribution in [0.1, 0.15) is 11.1 Å². The van der Waals surface area contributed by atoms with E-state index in [0.717, 1.165) is 23.2 Å². The van der Waals surface area contributed by atoms with Crippen molar-refractivity contribution in [3.8, 4) is 0 Å². The van der Waals surface area contributed by atoms with Crippen molar-refractivity contribution in [1.29, 1.82) is 0 Å². The Morgan fingerprint density at radius 3 is 3.00 bits per heavy atom. The summed E-state index contributed by atoms with van der Waals surface area (Å²) in [4.78, 5) is 4.02. The van der Waals surface area contributed by atoms with Gasteiger partial charge >= 0.3 is 0 Å². The molecule has 0 atom stereocenters. The number of nitrogens with zero attached hydrogens (tertiary/aromatic N) is 1. The molecule has 0 spiro atoms. The second kappa shape index (κ2) is 3.31. The predicted octanol–water partition coefficient (Wildman–Crippen LogP) is 1.85. The Balaban J connectivity index is 2.24. The van der Waals surface area contributed by atoms with Gasteiger partial charge in [-0.25, -0.2) is 0 Å². The molecule has 0 aromatic carbocycles. The summed E-state index contributed by atoms with van der Waals surface area (Å²) in [6.45, 7) is 0. The second-order valence-corrected chi connectivity index (χ2v) is 2.88. The van der Waals surface area contributed by atoms with Crippen LogP contribution in [-0.2, 0) is 6.42 Å². The molecule has 2 rings (SSSR count). The third-order valence-corrected chi connectivity index (χ3v) is 1.92. The molecule has 0 aliphatic carbocycles. The number of anilines is 1. The molecule has 3 nitrogen and oxygen atoms in total. The summed E-state index contributed by atoms with van der Waals surface area (Å²) >= 11 is 0. The minimum atomic E-state index is 0.774. The molecule has 0 saturated heterocycles. The van der Waals surface area contributed by atoms with Gasteiger partial charge in [0.1, 0.15) is 0 Å². The average Bonchev–Trinajstić information content (AvgIpc) is 2.61. The van der Waals surface area contributed by atoms with Gasteiger partial charge in [-0.05, 0) is 23.3 Å². The molecule has 0 radical (unpaired) electrons. The van der Waals surface area contributed by atoms with E-state index in [9.17, 15) is 0 Å². The van der Waals surface area contributed by atoms with E-state index in [1.54, 1.807) is 31.0 Å². The van der Waals surface area contributed by atoms with Crippen molar-refractivity contribution in [2.75, 3.05) is 5.73 Å². The van der Waals surface area contributed by atoms with Crippen molar-refractivity contribution in [3.63, 3.8) is 0 Å². The van der Waals surface area contributed by atoms with Gasteiger partial charge in [0.25, 0.3) is 0 Å². The Morgan fingerprint density at radius 2 is 2.31 bits per heavy atom. The van der Waals surface area contributed by atoms with Crippen LogP contribution in [0.15, 0.2) is 41.5 Å². The highest BCUT2D eigenvalue weighted by Gasteiger charge is 2.00. The van der Waals surface area contributed by atoms with Crippen LogP contribution in [-0.4, -0.2) is 4.98 Å². The third kappa shape index (κ3) is 1.69. The summed E-state index contributed by atoms with van der Waals surface area (Å²) in [5.41, 5.74) is 8.68. The summed E-state index contributed by atoms with van der Waals surface area (Å²) in [5, 5.41) is 0. The first kappa shape index (κ1) is 7.86. The maximum atomic E-state index is 5.77. The van der Waals surface area contributed by atoms with Gasteiger partial charge in [0, 0.05) is 24.5 Å².